The van der Waals surface area contributed by atoms with E-state index in [1.807, 2.05) is 18.2 Å². The van der Waals surface area contributed by atoms with Gasteiger partial charge in [0.25, 0.3) is 0 Å². The second-order valence-electron chi connectivity index (χ2n) is 4.55. The number of thioether (sulfide) groups is 1. The van der Waals surface area contributed by atoms with Gasteiger partial charge in [-0.15, -0.1) is 11.8 Å². The normalized spacial score (nSPS) is 10.2. The molecule has 11 heteroatoms. The molecule has 148 valence electrons. The zero-order chi connectivity index (χ0) is 19.5. The molecule has 0 aliphatic carbocycles. The molecule has 0 aromatic heterocycles. The molecule has 0 saturated carbocycles. The van der Waals surface area contributed by atoms with Gasteiger partial charge in [-0.1, -0.05) is 36.4 Å². The van der Waals surface area contributed by atoms with Crippen LogP contribution in [0.4, 0.5) is 13.2 Å². The molecule has 0 radical (unpaired) electrons. The summed E-state index contributed by atoms with van der Waals surface area (Å²) in [5.41, 5.74) is -5.65. The van der Waals surface area contributed by atoms with Gasteiger partial charge in [-0.2, -0.15) is 13.2 Å². The Hall–Kier alpha value is 0.766. The van der Waals surface area contributed by atoms with E-state index < -0.39 is 15.6 Å². The Bertz CT molecular complexity index is 701. The Labute approximate surface area is 214 Å². The average Bonchev–Trinajstić information content (AvgIpc) is 2.56. The van der Waals surface area contributed by atoms with Gasteiger partial charge in [-0.05, 0) is 30.5 Å². The SMILES string of the molecule is CSc1ccccc1.C[S+](C)c1ccccc1.O=S(=O)([O-])C(F)(F)F.[Cl-].[K+]. The molecule has 0 aliphatic rings. The number of rotatable bonds is 2. The first-order chi connectivity index (χ1) is 11.5. The Morgan fingerprint density at radius 2 is 1.26 bits per heavy atom. The summed E-state index contributed by atoms with van der Waals surface area (Å²) in [7, 11) is -5.67. The van der Waals surface area contributed by atoms with Gasteiger partial charge in [0.2, 0.25) is 0 Å². The van der Waals surface area contributed by atoms with Crippen LogP contribution in [0.1, 0.15) is 0 Å². The summed E-state index contributed by atoms with van der Waals surface area (Å²) in [6, 6.07) is 20.9. The first-order valence-corrected chi connectivity index (χ1v) is 11.4. The first-order valence-electron chi connectivity index (χ1n) is 6.73. The fourth-order valence-corrected chi connectivity index (χ4v) is 2.38. The largest absolute Gasteiger partial charge is 1.00 e. The van der Waals surface area contributed by atoms with Gasteiger partial charge in [0, 0.05) is 15.8 Å². The van der Waals surface area contributed by atoms with E-state index in [-0.39, 0.29) is 63.8 Å². The van der Waals surface area contributed by atoms with Crippen LogP contribution in [0.2, 0.25) is 0 Å². The first kappa shape index (κ1) is 32.4. The molecule has 3 nitrogen and oxygen atoms in total. The van der Waals surface area contributed by atoms with Crippen molar-refractivity contribution in [2.45, 2.75) is 15.3 Å². The van der Waals surface area contributed by atoms with Crippen LogP contribution in [0.5, 0.6) is 0 Å². The van der Waals surface area contributed by atoms with E-state index in [2.05, 4.69) is 61.2 Å². The molecule has 2 rings (SSSR count). The molecule has 0 fully saturated rings. The van der Waals surface area contributed by atoms with Gasteiger partial charge in [-0.3, -0.25) is 0 Å². The maximum atomic E-state index is 10.7. The number of alkyl halides is 3. The molecular weight excluding hydrogens is 468 g/mol. The second-order valence-corrected chi connectivity index (χ2v) is 8.90. The minimum Gasteiger partial charge on any atom is -1.00 e. The summed E-state index contributed by atoms with van der Waals surface area (Å²) in [5.74, 6) is 0. The number of halogens is 4. The average molecular weight is 487 g/mol. The van der Waals surface area contributed by atoms with Gasteiger partial charge in [0.1, 0.15) is 12.5 Å². The predicted molar refractivity (Wildman–Crippen MR) is 97.9 cm³/mol. The van der Waals surface area contributed by atoms with Crippen molar-refractivity contribution in [1.82, 2.24) is 0 Å². The third-order valence-electron chi connectivity index (χ3n) is 2.48. The molecule has 0 heterocycles. The Morgan fingerprint density at radius 1 is 0.926 bits per heavy atom. The summed E-state index contributed by atoms with van der Waals surface area (Å²) in [6.45, 7) is 0. The van der Waals surface area contributed by atoms with Crippen LogP contribution in [-0.2, 0) is 21.0 Å². The summed E-state index contributed by atoms with van der Waals surface area (Å²) in [6.07, 6.45) is 6.54. The minimum atomic E-state index is -6.09. The van der Waals surface area contributed by atoms with Crippen LogP contribution in [0.15, 0.2) is 70.5 Å². The molecule has 0 atom stereocenters. The summed E-state index contributed by atoms with van der Waals surface area (Å²) in [4.78, 5) is 2.77. The molecule has 0 aliphatic heterocycles. The predicted octanol–water partition coefficient (Wildman–Crippen LogP) is -1.61. The van der Waals surface area contributed by atoms with E-state index in [1.165, 1.54) is 9.79 Å². The number of hydrogen-bond donors (Lipinski definition) is 0. The smallest absolute Gasteiger partial charge is 1.00 e. The molecule has 0 bridgehead atoms. The molecule has 2 aromatic carbocycles. The van der Waals surface area contributed by atoms with Gasteiger partial charge >= 0.3 is 56.9 Å². The monoisotopic (exact) mass is 486 g/mol. The Balaban J connectivity index is -0.000000309. The maximum absolute atomic E-state index is 10.7. The zero-order valence-electron chi connectivity index (χ0n) is 15.2. The van der Waals surface area contributed by atoms with Crippen LogP contribution >= 0.6 is 11.8 Å². The molecule has 0 amide bonds. The molecule has 0 unspecified atom stereocenters. The van der Waals surface area contributed by atoms with E-state index in [4.69, 9.17) is 13.0 Å². The minimum absolute atomic E-state index is 0. The molecule has 0 spiro atoms. The molecule has 0 saturated heterocycles. The van der Waals surface area contributed by atoms with Crippen molar-refractivity contribution in [3.8, 4) is 0 Å². The van der Waals surface area contributed by atoms with E-state index in [1.54, 1.807) is 11.8 Å². The van der Waals surface area contributed by atoms with Crippen molar-refractivity contribution in [1.29, 1.82) is 0 Å². The van der Waals surface area contributed by atoms with Crippen LogP contribution in [0.3, 0.4) is 0 Å². The molecule has 2 aromatic rings. The summed E-state index contributed by atoms with van der Waals surface area (Å²) < 4.78 is 58.9. The Morgan fingerprint density at radius 3 is 1.44 bits per heavy atom. The molecule has 27 heavy (non-hydrogen) atoms. The van der Waals surface area contributed by atoms with Gasteiger partial charge in [-0.25, -0.2) is 8.42 Å². The quantitative estimate of drug-likeness (QED) is 0.168. The van der Waals surface area contributed by atoms with E-state index in [0.717, 1.165) is 0 Å². The van der Waals surface area contributed by atoms with Crippen LogP contribution in [-0.4, -0.2) is 37.2 Å². The Kier molecular flexibility index (Phi) is 19.9. The molecule has 0 N–H and O–H groups in total. The zero-order valence-corrected chi connectivity index (χ0v) is 21.6. The summed E-state index contributed by atoms with van der Waals surface area (Å²) in [5, 5.41) is 0. The third kappa shape index (κ3) is 16.3. The van der Waals surface area contributed by atoms with Crippen molar-refractivity contribution < 1.29 is 89.9 Å². The van der Waals surface area contributed by atoms with Crippen molar-refractivity contribution in [3.05, 3.63) is 60.7 Å². The number of hydrogen-bond acceptors (Lipinski definition) is 4. The van der Waals surface area contributed by atoms with E-state index >= 15 is 0 Å². The number of benzene rings is 2. The fourth-order valence-electron chi connectivity index (χ4n) is 1.25. The van der Waals surface area contributed by atoms with Gasteiger partial charge in [0.15, 0.2) is 15.0 Å². The molecular formula is C16H19ClF3KO3S3. The van der Waals surface area contributed by atoms with Crippen molar-refractivity contribution >= 4 is 32.8 Å². The standard InChI is InChI=1S/C8H11S.C7H8S.CHF3O3S.ClH.K/c1-9(2)8-6-4-3-5-7-8;1-8-7-5-3-2-4-6-7;2-1(3,4)8(5,6)7;;/h3-7H,1-2H3;2-6H,1H3;(H,5,6,7);1H;/q+1;;;;+1/p-2. The van der Waals surface area contributed by atoms with Crippen molar-refractivity contribution in [2.24, 2.45) is 0 Å². The van der Waals surface area contributed by atoms with Crippen LogP contribution in [0.25, 0.3) is 0 Å². The third-order valence-corrected chi connectivity index (χ3v) is 5.00. The van der Waals surface area contributed by atoms with Crippen LogP contribution in [0, 0.1) is 0 Å². The van der Waals surface area contributed by atoms with Gasteiger partial charge < -0.3 is 17.0 Å². The van der Waals surface area contributed by atoms with Crippen molar-refractivity contribution in [2.75, 3.05) is 18.8 Å². The maximum Gasteiger partial charge on any atom is 1.00 e. The topological polar surface area (TPSA) is 57.2 Å². The second kappa shape index (κ2) is 16.6. The van der Waals surface area contributed by atoms with Crippen molar-refractivity contribution in [3.63, 3.8) is 0 Å². The summed E-state index contributed by atoms with van der Waals surface area (Å²) >= 11 is 1.77. The van der Waals surface area contributed by atoms with Gasteiger partial charge in [0.05, 0.1) is 0 Å². The fraction of sp³-hybridized carbons (Fsp3) is 0.250. The van der Waals surface area contributed by atoms with E-state index in [9.17, 15) is 13.2 Å². The van der Waals surface area contributed by atoms with E-state index in [0.29, 0.717) is 10.9 Å². The van der Waals surface area contributed by atoms with Crippen LogP contribution < -0.4 is 63.8 Å².